The van der Waals surface area contributed by atoms with Gasteiger partial charge in [0.15, 0.2) is 0 Å². The molecule has 0 fully saturated rings. The van der Waals surface area contributed by atoms with E-state index in [-0.39, 0.29) is 0 Å². The van der Waals surface area contributed by atoms with Crippen LogP contribution >= 0.6 is 0 Å². The fourth-order valence-corrected chi connectivity index (χ4v) is 1.01. The zero-order valence-electron chi connectivity index (χ0n) is 9.05. The van der Waals surface area contributed by atoms with Crippen molar-refractivity contribution in [1.82, 2.24) is 0 Å². The van der Waals surface area contributed by atoms with E-state index in [2.05, 4.69) is 20.8 Å². The molecule has 79 valence electrons. The molecular formula is C11H23O2. The summed E-state index contributed by atoms with van der Waals surface area (Å²) >= 11 is 0. The van der Waals surface area contributed by atoms with E-state index in [0.29, 0.717) is 12.5 Å². The van der Waals surface area contributed by atoms with Crippen LogP contribution in [0.2, 0.25) is 0 Å². The molecule has 0 aliphatic heterocycles. The Bertz CT molecular complexity index is 92.1. The normalized spacial score (nSPS) is 11.1. The Labute approximate surface area is 82.6 Å². The molecule has 0 aromatic rings. The minimum Gasteiger partial charge on any atom is -0.381 e. The predicted octanol–water partition coefficient (Wildman–Crippen LogP) is 2.68. The third-order valence-electron chi connectivity index (χ3n) is 1.67. The molecule has 0 amide bonds. The summed E-state index contributed by atoms with van der Waals surface area (Å²) in [4.78, 5) is 0. The van der Waals surface area contributed by atoms with Gasteiger partial charge in [0, 0.05) is 26.4 Å². The predicted molar refractivity (Wildman–Crippen MR) is 55.7 cm³/mol. The molecule has 0 unspecified atom stereocenters. The van der Waals surface area contributed by atoms with Gasteiger partial charge in [-0.15, -0.1) is 0 Å². The van der Waals surface area contributed by atoms with Gasteiger partial charge in [-0.2, -0.15) is 0 Å². The highest BCUT2D eigenvalue weighted by Gasteiger charge is 1.93. The largest absolute Gasteiger partial charge is 0.381 e. The monoisotopic (exact) mass is 187 g/mol. The highest BCUT2D eigenvalue weighted by molar-refractivity contribution is 4.43. The summed E-state index contributed by atoms with van der Waals surface area (Å²) in [7, 11) is 0. The van der Waals surface area contributed by atoms with Crippen molar-refractivity contribution in [3.05, 3.63) is 6.92 Å². The van der Waals surface area contributed by atoms with Crippen LogP contribution in [-0.4, -0.2) is 26.4 Å². The van der Waals surface area contributed by atoms with Gasteiger partial charge in [-0.05, 0) is 32.1 Å². The molecule has 0 saturated heterocycles. The van der Waals surface area contributed by atoms with E-state index in [0.717, 1.165) is 32.7 Å². The fraction of sp³-hybridized carbons (Fsp3) is 0.909. The second kappa shape index (κ2) is 10.0. The molecule has 0 spiro atoms. The van der Waals surface area contributed by atoms with Gasteiger partial charge < -0.3 is 9.47 Å². The van der Waals surface area contributed by atoms with E-state index in [9.17, 15) is 0 Å². The highest BCUT2D eigenvalue weighted by atomic mass is 16.5. The quantitative estimate of drug-likeness (QED) is 0.517. The maximum Gasteiger partial charge on any atom is 0.0488 e. The molecule has 0 heterocycles. The van der Waals surface area contributed by atoms with Crippen molar-refractivity contribution in [1.29, 1.82) is 0 Å². The van der Waals surface area contributed by atoms with Gasteiger partial charge >= 0.3 is 0 Å². The minimum absolute atomic E-state index is 0.587. The molecule has 0 aliphatic rings. The fourth-order valence-electron chi connectivity index (χ4n) is 1.01. The average molecular weight is 187 g/mol. The maximum atomic E-state index is 5.45. The van der Waals surface area contributed by atoms with Gasteiger partial charge in [0.05, 0.1) is 0 Å². The first kappa shape index (κ1) is 12.9. The Morgan fingerprint density at radius 2 is 1.62 bits per heavy atom. The van der Waals surface area contributed by atoms with Crippen LogP contribution in [0, 0.1) is 12.8 Å². The summed E-state index contributed by atoms with van der Waals surface area (Å²) in [5, 5.41) is 0. The number of hydrogen-bond acceptors (Lipinski definition) is 2. The van der Waals surface area contributed by atoms with Crippen molar-refractivity contribution in [2.75, 3.05) is 26.4 Å². The molecule has 13 heavy (non-hydrogen) atoms. The Balaban J connectivity index is 2.84. The molecule has 0 aromatic heterocycles. The van der Waals surface area contributed by atoms with E-state index >= 15 is 0 Å². The highest BCUT2D eigenvalue weighted by Crippen LogP contribution is 1.98. The van der Waals surface area contributed by atoms with Gasteiger partial charge in [-0.1, -0.05) is 13.8 Å². The molecule has 0 N–H and O–H groups in total. The van der Waals surface area contributed by atoms with Crippen LogP contribution in [-0.2, 0) is 9.47 Å². The molecule has 2 heteroatoms. The van der Waals surface area contributed by atoms with Crippen LogP contribution < -0.4 is 0 Å². The summed E-state index contributed by atoms with van der Waals surface area (Å²) in [5.41, 5.74) is 0. The Kier molecular flexibility index (Phi) is 9.94. The first-order valence-electron chi connectivity index (χ1n) is 5.22. The van der Waals surface area contributed by atoms with Crippen molar-refractivity contribution in [2.24, 2.45) is 5.92 Å². The van der Waals surface area contributed by atoms with E-state index < -0.39 is 0 Å². The van der Waals surface area contributed by atoms with Crippen molar-refractivity contribution in [2.45, 2.75) is 33.1 Å². The minimum atomic E-state index is 0.587. The molecule has 0 atom stereocenters. The van der Waals surface area contributed by atoms with E-state index in [1.54, 1.807) is 0 Å². The van der Waals surface area contributed by atoms with Gasteiger partial charge in [0.2, 0.25) is 0 Å². The lowest BCUT2D eigenvalue weighted by Gasteiger charge is -2.06. The standard InChI is InChI=1S/C11H23O2/c1-4-12-8-6-5-7-9-13-10-11(2)3/h11H,1,4-10H2,2-3H3. The molecule has 0 aliphatic carbocycles. The molecule has 0 bridgehead atoms. The van der Waals surface area contributed by atoms with Crippen LogP contribution in [0.4, 0.5) is 0 Å². The zero-order chi connectivity index (χ0) is 9.94. The van der Waals surface area contributed by atoms with Crippen LogP contribution in [0.1, 0.15) is 33.1 Å². The SMILES string of the molecule is [CH2]COCCCCCOCC(C)C. The van der Waals surface area contributed by atoms with Crippen molar-refractivity contribution in [3.63, 3.8) is 0 Å². The Hall–Kier alpha value is -0.0800. The number of hydrogen-bond donors (Lipinski definition) is 0. The summed E-state index contributed by atoms with van der Waals surface area (Å²) in [6.45, 7) is 11.1. The number of ether oxygens (including phenoxy) is 2. The first-order chi connectivity index (χ1) is 6.27. The van der Waals surface area contributed by atoms with E-state index in [4.69, 9.17) is 9.47 Å². The van der Waals surface area contributed by atoms with Gasteiger partial charge in [-0.3, -0.25) is 0 Å². The van der Waals surface area contributed by atoms with Crippen molar-refractivity contribution >= 4 is 0 Å². The van der Waals surface area contributed by atoms with Crippen molar-refractivity contribution < 1.29 is 9.47 Å². The van der Waals surface area contributed by atoms with Gasteiger partial charge in [0.25, 0.3) is 0 Å². The van der Waals surface area contributed by atoms with Gasteiger partial charge in [-0.25, -0.2) is 0 Å². The lowest BCUT2D eigenvalue weighted by Crippen LogP contribution is -2.03. The second-order valence-corrected chi connectivity index (χ2v) is 3.64. The molecule has 0 aromatic carbocycles. The lowest BCUT2D eigenvalue weighted by atomic mass is 10.2. The summed E-state index contributed by atoms with van der Waals surface area (Å²) < 4.78 is 10.6. The van der Waals surface area contributed by atoms with Gasteiger partial charge in [0.1, 0.15) is 0 Å². The average Bonchev–Trinajstić information content (AvgIpc) is 2.09. The molecule has 2 nitrogen and oxygen atoms in total. The maximum absolute atomic E-state index is 5.45. The van der Waals surface area contributed by atoms with Crippen molar-refractivity contribution in [3.8, 4) is 0 Å². The second-order valence-electron chi connectivity index (χ2n) is 3.64. The van der Waals surface area contributed by atoms with Crippen LogP contribution in [0.5, 0.6) is 0 Å². The first-order valence-corrected chi connectivity index (χ1v) is 5.22. The van der Waals surface area contributed by atoms with Crippen LogP contribution in [0.3, 0.4) is 0 Å². The van der Waals surface area contributed by atoms with E-state index in [1.807, 2.05) is 0 Å². The van der Waals surface area contributed by atoms with Crippen LogP contribution in [0.25, 0.3) is 0 Å². The third-order valence-corrected chi connectivity index (χ3v) is 1.67. The summed E-state index contributed by atoms with van der Waals surface area (Å²) in [6, 6.07) is 0. The summed E-state index contributed by atoms with van der Waals surface area (Å²) in [6.07, 6.45) is 3.46. The number of rotatable bonds is 9. The molecular weight excluding hydrogens is 164 g/mol. The summed E-state index contributed by atoms with van der Waals surface area (Å²) in [5.74, 6) is 0.648. The molecule has 1 radical (unpaired) electrons. The zero-order valence-corrected chi connectivity index (χ0v) is 9.05. The molecule has 0 rings (SSSR count). The third kappa shape index (κ3) is 11.9. The Morgan fingerprint density at radius 1 is 1.00 bits per heavy atom. The lowest BCUT2D eigenvalue weighted by molar-refractivity contribution is 0.102. The molecule has 0 saturated carbocycles. The number of unbranched alkanes of at least 4 members (excludes halogenated alkanes) is 2. The van der Waals surface area contributed by atoms with Crippen LogP contribution in [0.15, 0.2) is 0 Å². The Morgan fingerprint density at radius 3 is 2.15 bits per heavy atom. The topological polar surface area (TPSA) is 18.5 Å². The van der Waals surface area contributed by atoms with E-state index in [1.165, 1.54) is 6.42 Å². The smallest absolute Gasteiger partial charge is 0.0488 e.